The summed E-state index contributed by atoms with van der Waals surface area (Å²) in [6, 6.07) is 6.66. The van der Waals surface area contributed by atoms with Crippen molar-refractivity contribution in [2.75, 3.05) is 13.7 Å². The van der Waals surface area contributed by atoms with Crippen LogP contribution in [0, 0.1) is 5.92 Å². The van der Waals surface area contributed by atoms with Gasteiger partial charge in [-0.05, 0) is 30.2 Å². The molecule has 0 aliphatic rings. The number of hydrogen-bond donors (Lipinski definition) is 2. The van der Waals surface area contributed by atoms with E-state index in [1.54, 1.807) is 48.5 Å². The molecule has 0 bridgehead atoms. The van der Waals surface area contributed by atoms with Crippen molar-refractivity contribution < 1.29 is 14.6 Å². The highest BCUT2D eigenvalue weighted by molar-refractivity contribution is 5.95. The highest BCUT2D eigenvalue weighted by Gasteiger charge is 2.17. The first kappa shape index (κ1) is 16.0. The van der Waals surface area contributed by atoms with E-state index in [0.717, 1.165) is 0 Å². The van der Waals surface area contributed by atoms with Crippen molar-refractivity contribution in [1.82, 2.24) is 15.1 Å². The maximum atomic E-state index is 12.3. The fourth-order valence-electron chi connectivity index (χ4n) is 2.10. The molecule has 118 valence electrons. The van der Waals surface area contributed by atoms with E-state index in [1.165, 1.54) is 0 Å². The molecular weight excluding hydrogens is 282 g/mol. The lowest BCUT2D eigenvalue weighted by Gasteiger charge is -2.20. The monoisotopic (exact) mass is 303 g/mol. The van der Waals surface area contributed by atoms with Gasteiger partial charge in [0.15, 0.2) is 0 Å². The Kier molecular flexibility index (Phi) is 5.16. The first-order valence-corrected chi connectivity index (χ1v) is 7.16. The van der Waals surface area contributed by atoms with Gasteiger partial charge < -0.3 is 15.2 Å². The van der Waals surface area contributed by atoms with Crippen LogP contribution in [-0.4, -0.2) is 40.6 Å². The maximum absolute atomic E-state index is 12.3. The minimum absolute atomic E-state index is 0.0917. The number of aliphatic hydroxyl groups excluding tert-OH is 1. The molecule has 0 saturated heterocycles. The molecule has 0 radical (unpaired) electrons. The van der Waals surface area contributed by atoms with Crippen molar-refractivity contribution in [2.24, 2.45) is 5.92 Å². The maximum Gasteiger partial charge on any atom is 0.251 e. The average Bonchev–Trinajstić information content (AvgIpc) is 3.05. The van der Waals surface area contributed by atoms with Crippen LogP contribution in [0.2, 0.25) is 0 Å². The second-order valence-corrected chi connectivity index (χ2v) is 5.34. The quantitative estimate of drug-likeness (QED) is 0.850. The summed E-state index contributed by atoms with van der Waals surface area (Å²) in [5.41, 5.74) is 1.18. The predicted molar refractivity (Wildman–Crippen MR) is 83.3 cm³/mol. The van der Waals surface area contributed by atoms with E-state index in [0.29, 0.717) is 17.0 Å². The van der Waals surface area contributed by atoms with Gasteiger partial charge in [0.05, 0.1) is 19.8 Å². The summed E-state index contributed by atoms with van der Waals surface area (Å²) < 4.78 is 6.95. The minimum Gasteiger partial charge on any atom is -0.494 e. The van der Waals surface area contributed by atoms with Gasteiger partial charge in [0, 0.05) is 18.0 Å². The summed E-state index contributed by atoms with van der Waals surface area (Å²) in [6.07, 6.45) is 3.44. The van der Waals surface area contributed by atoms with Crippen LogP contribution in [-0.2, 0) is 0 Å². The molecule has 6 nitrogen and oxygen atoms in total. The second kappa shape index (κ2) is 7.09. The smallest absolute Gasteiger partial charge is 0.251 e. The molecular formula is C16H21N3O3. The van der Waals surface area contributed by atoms with E-state index in [4.69, 9.17) is 4.74 Å². The van der Waals surface area contributed by atoms with Gasteiger partial charge in [-0.2, -0.15) is 5.10 Å². The van der Waals surface area contributed by atoms with E-state index in [1.807, 2.05) is 13.8 Å². The van der Waals surface area contributed by atoms with Crippen molar-refractivity contribution in [3.05, 3.63) is 42.2 Å². The Morgan fingerprint density at radius 1 is 1.45 bits per heavy atom. The van der Waals surface area contributed by atoms with Crippen LogP contribution in [0.5, 0.6) is 5.75 Å². The first-order valence-electron chi connectivity index (χ1n) is 7.16. The van der Waals surface area contributed by atoms with E-state index < -0.39 is 0 Å². The molecule has 2 rings (SSSR count). The van der Waals surface area contributed by atoms with E-state index in [2.05, 4.69) is 10.4 Å². The van der Waals surface area contributed by atoms with Gasteiger partial charge in [-0.25, -0.2) is 4.68 Å². The summed E-state index contributed by atoms with van der Waals surface area (Å²) in [4.78, 5) is 12.3. The number of carbonyl (C=O) groups is 1. The summed E-state index contributed by atoms with van der Waals surface area (Å²) in [5, 5.41) is 16.3. The molecule has 6 heteroatoms. The molecule has 0 saturated carbocycles. The van der Waals surface area contributed by atoms with Crippen LogP contribution in [0.4, 0.5) is 0 Å². The summed E-state index contributed by atoms with van der Waals surface area (Å²) in [7, 11) is 1.57. The standard InChI is InChI=1S/C16H21N3O3/c1-11(2)13(10-20)18-16(21)12-5-6-15(22-3)14(9-12)19-8-4-7-17-19/h4-9,11,13,20H,10H2,1-3H3,(H,18,21)/t13-/m0/s1. The fourth-order valence-corrected chi connectivity index (χ4v) is 2.10. The van der Waals surface area contributed by atoms with Crippen LogP contribution in [0.25, 0.3) is 5.69 Å². The third-order valence-corrected chi connectivity index (χ3v) is 3.51. The molecule has 1 heterocycles. The van der Waals surface area contributed by atoms with Gasteiger partial charge in [0.25, 0.3) is 5.91 Å². The number of nitrogens with zero attached hydrogens (tertiary/aromatic N) is 2. The molecule has 0 aliphatic heterocycles. The molecule has 0 fully saturated rings. The first-order chi connectivity index (χ1) is 10.6. The highest BCUT2D eigenvalue weighted by atomic mass is 16.5. The Bertz CT molecular complexity index is 624. The van der Waals surface area contributed by atoms with Crippen LogP contribution in [0.3, 0.4) is 0 Å². The normalized spacial score (nSPS) is 12.2. The van der Waals surface area contributed by atoms with E-state index in [9.17, 15) is 9.90 Å². The van der Waals surface area contributed by atoms with Gasteiger partial charge in [0.2, 0.25) is 0 Å². The van der Waals surface area contributed by atoms with Crippen LogP contribution in [0.15, 0.2) is 36.7 Å². The van der Waals surface area contributed by atoms with Crippen molar-refractivity contribution in [3.63, 3.8) is 0 Å². The number of nitrogens with one attached hydrogen (secondary N) is 1. The number of hydrogen-bond acceptors (Lipinski definition) is 4. The predicted octanol–water partition coefficient (Wildman–Crippen LogP) is 1.63. The zero-order valence-corrected chi connectivity index (χ0v) is 13.0. The van der Waals surface area contributed by atoms with Crippen molar-refractivity contribution in [2.45, 2.75) is 19.9 Å². The summed E-state index contributed by atoms with van der Waals surface area (Å²) in [6.45, 7) is 3.81. The Hall–Kier alpha value is -2.34. The number of benzene rings is 1. The van der Waals surface area contributed by atoms with Gasteiger partial charge in [-0.3, -0.25) is 4.79 Å². The lowest BCUT2D eigenvalue weighted by atomic mass is 10.0. The number of methoxy groups -OCH3 is 1. The third kappa shape index (κ3) is 3.46. The van der Waals surface area contributed by atoms with Gasteiger partial charge in [0.1, 0.15) is 11.4 Å². The van der Waals surface area contributed by atoms with Crippen LogP contribution < -0.4 is 10.1 Å². The Balaban J connectivity index is 2.29. The molecule has 0 unspecified atom stereocenters. The Morgan fingerprint density at radius 3 is 2.77 bits per heavy atom. The molecule has 2 N–H and O–H groups in total. The van der Waals surface area contributed by atoms with Crippen molar-refractivity contribution in [3.8, 4) is 11.4 Å². The lowest BCUT2D eigenvalue weighted by molar-refractivity contribution is 0.0897. The molecule has 1 aromatic heterocycles. The average molecular weight is 303 g/mol. The van der Waals surface area contributed by atoms with Gasteiger partial charge in [-0.15, -0.1) is 0 Å². The summed E-state index contributed by atoms with van der Waals surface area (Å²) in [5.74, 6) is 0.546. The topological polar surface area (TPSA) is 76.4 Å². The molecule has 2 aromatic rings. The number of rotatable bonds is 6. The Labute approximate surface area is 129 Å². The summed E-state index contributed by atoms with van der Waals surface area (Å²) >= 11 is 0. The van der Waals surface area contributed by atoms with Gasteiger partial charge in [-0.1, -0.05) is 13.8 Å². The molecule has 0 spiro atoms. The highest BCUT2D eigenvalue weighted by Crippen LogP contribution is 2.23. The molecule has 0 aliphatic carbocycles. The molecule has 1 aromatic carbocycles. The number of amides is 1. The van der Waals surface area contributed by atoms with E-state index in [-0.39, 0.29) is 24.5 Å². The number of carbonyl (C=O) groups excluding carboxylic acids is 1. The fraction of sp³-hybridized carbons (Fsp3) is 0.375. The van der Waals surface area contributed by atoms with Crippen LogP contribution >= 0.6 is 0 Å². The molecule has 1 atom stereocenters. The third-order valence-electron chi connectivity index (χ3n) is 3.51. The largest absolute Gasteiger partial charge is 0.494 e. The van der Waals surface area contributed by atoms with Crippen molar-refractivity contribution >= 4 is 5.91 Å². The zero-order chi connectivity index (χ0) is 16.1. The number of aromatic nitrogens is 2. The van der Waals surface area contributed by atoms with Crippen LogP contribution in [0.1, 0.15) is 24.2 Å². The lowest BCUT2D eigenvalue weighted by Crippen LogP contribution is -2.41. The molecule has 22 heavy (non-hydrogen) atoms. The minimum atomic E-state index is -0.275. The van der Waals surface area contributed by atoms with E-state index >= 15 is 0 Å². The van der Waals surface area contributed by atoms with Crippen molar-refractivity contribution in [1.29, 1.82) is 0 Å². The Morgan fingerprint density at radius 2 is 2.23 bits per heavy atom. The van der Waals surface area contributed by atoms with Gasteiger partial charge >= 0.3 is 0 Å². The zero-order valence-electron chi connectivity index (χ0n) is 13.0. The number of aliphatic hydroxyl groups is 1. The molecule has 1 amide bonds. The number of ether oxygens (including phenoxy) is 1. The SMILES string of the molecule is COc1ccc(C(=O)N[C@@H](CO)C(C)C)cc1-n1cccn1. The second-order valence-electron chi connectivity index (χ2n) is 5.34.